The summed E-state index contributed by atoms with van der Waals surface area (Å²) < 4.78 is 57.5. The summed E-state index contributed by atoms with van der Waals surface area (Å²) in [6.45, 7) is 7.57. The molecule has 3 aliphatic heterocycles. The zero-order valence-electron chi connectivity index (χ0n) is 30.4. The first-order valence-electron chi connectivity index (χ1n) is 18.3. The van der Waals surface area contributed by atoms with Crippen molar-refractivity contribution >= 4 is 23.6 Å². The Kier molecular flexibility index (Phi) is 11.0. The van der Waals surface area contributed by atoms with Crippen molar-refractivity contribution < 1.29 is 37.3 Å². The zero-order chi connectivity index (χ0) is 38.7. The van der Waals surface area contributed by atoms with E-state index in [1.165, 1.54) is 16.8 Å². The molecule has 0 radical (unpaired) electrons. The summed E-state index contributed by atoms with van der Waals surface area (Å²) >= 11 is 0. The maximum Gasteiger partial charge on any atom is 0.429 e. The van der Waals surface area contributed by atoms with Crippen molar-refractivity contribution in [3.05, 3.63) is 77.6 Å². The lowest BCUT2D eigenvalue weighted by molar-refractivity contribution is -0.198. The fourth-order valence-corrected chi connectivity index (χ4v) is 7.52. The number of carbonyl (C=O) groups is 2. The summed E-state index contributed by atoms with van der Waals surface area (Å²) in [6.07, 6.45) is -3.87. The quantitative estimate of drug-likeness (QED) is 0.173. The van der Waals surface area contributed by atoms with E-state index < -0.39 is 24.3 Å². The van der Waals surface area contributed by atoms with Crippen molar-refractivity contribution in [2.75, 3.05) is 69.7 Å². The monoisotopic (exact) mass is 763 g/mol. The van der Waals surface area contributed by atoms with Crippen molar-refractivity contribution in [1.82, 2.24) is 35.3 Å². The number of nitrogen functional groups attached to an aromatic ring is 1. The van der Waals surface area contributed by atoms with Gasteiger partial charge in [0.2, 0.25) is 17.9 Å². The van der Waals surface area contributed by atoms with Crippen LogP contribution in [0, 0.1) is 12.3 Å². The maximum absolute atomic E-state index is 15.0. The highest BCUT2D eigenvalue weighted by molar-refractivity contribution is 5.94. The fourth-order valence-electron chi connectivity index (χ4n) is 7.52. The van der Waals surface area contributed by atoms with E-state index in [4.69, 9.17) is 15.2 Å². The van der Waals surface area contributed by atoms with Crippen molar-refractivity contribution in [3.8, 4) is 22.7 Å². The number of halogens is 3. The van der Waals surface area contributed by atoms with Crippen LogP contribution in [0.2, 0.25) is 0 Å². The van der Waals surface area contributed by atoms with Gasteiger partial charge in [0.05, 0.1) is 24.6 Å². The maximum atomic E-state index is 15.0. The lowest BCUT2D eigenvalue weighted by atomic mass is 9.76. The molecule has 17 heteroatoms. The van der Waals surface area contributed by atoms with E-state index in [-0.39, 0.29) is 34.4 Å². The number of alkyl halides is 3. The van der Waals surface area contributed by atoms with Crippen LogP contribution in [0.1, 0.15) is 47.0 Å². The van der Waals surface area contributed by atoms with Crippen molar-refractivity contribution in [3.63, 3.8) is 0 Å². The first-order valence-corrected chi connectivity index (χ1v) is 18.3. The van der Waals surface area contributed by atoms with Crippen molar-refractivity contribution in [2.45, 2.75) is 44.5 Å². The van der Waals surface area contributed by atoms with Crippen LogP contribution >= 0.6 is 0 Å². The Morgan fingerprint density at radius 3 is 2.44 bits per heavy atom. The van der Waals surface area contributed by atoms with Crippen LogP contribution in [0.3, 0.4) is 0 Å². The molecule has 3 fully saturated rings. The van der Waals surface area contributed by atoms with Crippen molar-refractivity contribution in [2.24, 2.45) is 5.41 Å². The number of benzene rings is 2. The SMILES string of the molecule is Cc1ccn(-c2cc(-c3ccc(C(=O)NCCN4CCOCC4)cc3)ccc2[C@@H](Oc2cc(N3CCC4(CC3)CN[C@H](C(=O)O)C4)nc(N)n2)C(F)(F)F)n1. The highest BCUT2D eigenvalue weighted by Gasteiger charge is 2.46. The molecule has 1 spiro atoms. The van der Waals surface area contributed by atoms with E-state index in [9.17, 15) is 14.7 Å². The highest BCUT2D eigenvalue weighted by atomic mass is 19.4. The number of amides is 1. The molecule has 2 aromatic carbocycles. The number of aliphatic carboxylic acids is 1. The third kappa shape index (κ3) is 8.84. The first kappa shape index (κ1) is 38.0. The van der Waals surface area contributed by atoms with Crippen LogP contribution in [0.4, 0.5) is 24.9 Å². The number of hydrogen-bond acceptors (Lipinski definition) is 11. The van der Waals surface area contributed by atoms with E-state index in [1.807, 2.05) is 4.90 Å². The van der Waals surface area contributed by atoms with Gasteiger partial charge >= 0.3 is 12.1 Å². The van der Waals surface area contributed by atoms with Gasteiger partial charge in [0.1, 0.15) is 11.9 Å². The zero-order valence-corrected chi connectivity index (χ0v) is 30.4. The summed E-state index contributed by atoms with van der Waals surface area (Å²) in [5.74, 6) is -1.36. The predicted octanol–water partition coefficient (Wildman–Crippen LogP) is 4.00. The van der Waals surface area contributed by atoms with E-state index in [2.05, 4.69) is 30.6 Å². The number of anilines is 2. The number of rotatable bonds is 11. The van der Waals surface area contributed by atoms with Gasteiger partial charge in [-0.3, -0.25) is 14.5 Å². The molecule has 3 aliphatic rings. The number of carbonyl (C=O) groups excluding carboxylic acids is 1. The van der Waals surface area contributed by atoms with Gasteiger partial charge in [-0.25, -0.2) is 4.68 Å². The molecule has 292 valence electrons. The molecule has 7 rings (SSSR count). The Labute approximate surface area is 315 Å². The molecule has 55 heavy (non-hydrogen) atoms. The van der Waals surface area contributed by atoms with E-state index in [1.54, 1.807) is 55.6 Å². The van der Waals surface area contributed by atoms with Gasteiger partial charge in [0, 0.05) is 69.2 Å². The van der Waals surface area contributed by atoms with Gasteiger partial charge in [-0.15, -0.1) is 0 Å². The summed E-state index contributed by atoms with van der Waals surface area (Å²) in [5, 5.41) is 19.9. The lowest BCUT2D eigenvalue weighted by Crippen LogP contribution is -2.41. The fraction of sp³-hybridized carbons (Fsp3) is 0.447. The van der Waals surface area contributed by atoms with Gasteiger partial charge in [-0.2, -0.15) is 28.2 Å². The van der Waals surface area contributed by atoms with Crippen LogP contribution in [0.15, 0.2) is 60.8 Å². The third-order valence-electron chi connectivity index (χ3n) is 10.6. The Morgan fingerprint density at radius 2 is 1.78 bits per heavy atom. The molecule has 0 bridgehead atoms. The number of nitrogens with one attached hydrogen (secondary N) is 2. The number of carboxylic acid groups (broad SMARTS) is 1. The summed E-state index contributed by atoms with van der Waals surface area (Å²) in [4.78, 5) is 36.8. The molecule has 4 aromatic rings. The molecule has 3 saturated heterocycles. The average Bonchev–Trinajstić information content (AvgIpc) is 3.80. The Morgan fingerprint density at radius 1 is 1.05 bits per heavy atom. The smallest absolute Gasteiger partial charge is 0.429 e. The number of aryl methyl sites for hydroxylation is 1. The number of nitrogens with two attached hydrogens (primary N) is 1. The molecule has 0 saturated carbocycles. The molecular weight excluding hydrogens is 719 g/mol. The van der Waals surface area contributed by atoms with Crippen LogP contribution in [-0.2, 0) is 9.53 Å². The summed E-state index contributed by atoms with van der Waals surface area (Å²) in [6, 6.07) is 13.9. The van der Waals surface area contributed by atoms with Gasteiger partial charge in [0.15, 0.2) is 0 Å². The van der Waals surface area contributed by atoms with Crippen LogP contribution in [0.25, 0.3) is 16.8 Å². The second-order valence-electron chi connectivity index (χ2n) is 14.4. The molecule has 5 N–H and O–H groups in total. The molecule has 0 aliphatic carbocycles. The minimum atomic E-state index is -4.87. The Hall–Kier alpha value is -5.26. The predicted molar refractivity (Wildman–Crippen MR) is 197 cm³/mol. The van der Waals surface area contributed by atoms with Crippen LogP contribution < -0.4 is 26.0 Å². The number of aromatic nitrogens is 4. The topological polar surface area (TPSA) is 173 Å². The lowest BCUT2D eigenvalue weighted by Gasteiger charge is -2.39. The third-order valence-corrected chi connectivity index (χ3v) is 10.6. The summed E-state index contributed by atoms with van der Waals surface area (Å²) in [5.41, 5.74) is 8.16. The number of morpholine rings is 1. The molecule has 5 heterocycles. The van der Waals surface area contributed by atoms with E-state index >= 15 is 13.2 Å². The summed E-state index contributed by atoms with van der Waals surface area (Å²) in [7, 11) is 0. The largest absolute Gasteiger partial charge is 0.480 e. The van der Waals surface area contributed by atoms with Gasteiger partial charge in [-0.05, 0) is 67.0 Å². The number of nitrogens with zero attached hydrogens (tertiary/aromatic N) is 6. The molecule has 1 amide bonds. The van der Waals surface area contributed by atoms with Gasteiger partial charge in [-0.1, -0.05) is 24.3 Å². The van der Waals surface area contributed by atoms with Crippen LogP contribution in [0.5, 0.6) is 5.88 Å². The molecule has 2 atom stereocenters. The normalized spacial score (nSPS) is 19.3. The number of ether oxygens (including phenoxy) is 2. The Balaban J connectivity index is 1.10. The van der Waals surface area contributed by atoms with Gasteiger partial charge < -0.3 is 35.8 Å². The molecular formula is C38H44F3N9O5. The van der Waals surface area contributed by atoms with Crippen LogP contribution in [-0.4, -0.2) is 113 Å². The number of hydrogen-bond donors (Lipinski definition) is 4. The molecule has 14 nitrogen and oxygen atoms in total. The number of carboxylic acids is 1. The van der Waals surface area contributed by atoms with Gasteiger partial charge in [0.25, 0.3) is 5.91 Å². The van der Waals surface area contributed by atoms with E-state index in [0.717, 1.165) is 19.6 Å². The minimum Gasteiger partial charge on any atom is -0.480 e. The minimum absolute atomic E-state index is 0.145. The highest BCUT2D eigenvalue weighted by Crippen LogP contribution is 2.43. The molecule has 2 aromatic heterocycles. The second-order valence-corrected chi connectivity index (χ2v) is 14.4. The standard InChI is InChI=1S/C38H44F3N9O5/c1-24-8-12-50(47-24)30-20-27(25-2-4-26(5-3-25)34(51)43-11-15-48-16-18-54-19-17-48)6-7-28(30)33(38(39,40)41)55-32-21-31(45-36(42)46-32)49-13-9-37(10-14-49)22-29(35(52)53)44-23-37/h2-8,12,20-21,29,33,44H,9-11,13-19,22-23H2,1H3,(H,43,51)(H,52,53)(H2,42,45,46)/t29-,33+/m0/s1. The molecule has 0 unspecified atom stereocenters. The second kappa shape index (κ2) is 15.8. The Bertz CT molecular complexity index is 1990. The van der Waals surface area contributed by atoms with E-state index in [0.29, 0.717) is 86.9 Å². The first-order chi connectivity index (χ1) is 26.4. The average molecular weight is 764 g/mol. The number of piperidine rings is 1. The van der Waals surface area contributed by atoms with Crippen molar-refractivity contribution in [1.29, 1.82) is 0 Å².